The largest absolute Gasteiger partial charge is 0 e. The summed E-state index contributed by atoms with van der Waals surface area (Å²) in [5, 5.41) is 0. The van der Waals surface area contributed by atoms with Crippen molar-refractivity contribution in [3.8, 4) is 0 Å². The molecular formula is C15H18F6MnO3P-. The van der Waals surface area contributed by atoms with Gasteiger partial charge in [-0.05, 0) is 74.9 Å². The Morgan fingerprint density at radius 2 is 0.500 bits per heavy atom. The molecule has 0 heterocycles. The van der Waals surface area contributed by atoms with Crippen molar-refractivity contribution in [1.82, 2.24) is 0 Å². The van der Waals surface area contributed by atoms with Crippen LogP contribution in [0.5, 0.6) is 0 Å². The first-order chi connectivity index (χ1) is 10.9. The Kier molecular flexibility index (Phi) is 17.1. The van der Waals surface area contributed by atoms with E-state index < -0.39 is 7.81 Å². The van der Waals surface area contributed by atoms with Gasteiger partial charge in [0.2, 0.25) is 0 Å². The number of benzene rings is 1. The van der Waals surface area contributed by atoms with Crippen LogP contribution >= 0.6 is 7.81 Å². The zero-order chi connectivity index (χ0) is 21.9. The number of halogens is 6. The van der Waals surface area contributed by atoms with Crippen LogP contribution in [0.15, 0.2) is 0 Å². The molecule has 1 rings (SSSR count). The van der Waals surface area contributed by atoms with E-state index in [1.807, 2.05) is 0 Å². The molecule has 0 aromatic heterocycles. The van der Waals surface area contributed by atoms with Gasteiger partial charge in [0, 0.05) is 17.1 Å². The van der Waals surface area contributed by atoms with Gasteiger partial charge >= 0.3 is 66.9 Å². The summed E-state index contributed by atoms with van der Waals surface area (Å²) < 4.78 is 81.7. The van der Waals surface area contributed by atoms with Crippen LogP contribution in [0.2, 0.25) is 0 Å². The summed E-state index contributed by atoms with van der Waals surface area (Å²) in [4.78, 5) is 0. The van der Waals surface area contributed by atoms with Crippen molar-refractivity contribution < 1.29 is 56.2 Å². The molecule has 26 heavy (non-hydrogen) atoms. The van der Waals surface area contributed by atoms with Crippen LogP contribution in [-0.4, -0.2) is 0 Å². The molecular weight excluding hydrogens is 428 g/mol. The molecule has 1 aromatic carbocycles. The van der Waals surface area contributed by atoms with E-state index in [1.165, 1.54) is 33.4 Å². The summed E-state index contributed by atoms with van der Waals surface area (Å²) in [6.45, 7) is 26.8. The van der Waals surface area contributed by atoms with Gasteiger partial charge in [-0.1, -0.05) is 0 Å². The van der Waals surface area contributed by atoms with Crippen LogP contribution in [0.25, 0.3) is 0 Å². The Morgan fingerprint density at radius 3 is 0.538 bits per heavy atom. The first kappa shape index (κ1) is 36.0. The molecule has 0 saturated heterocycles. The Balaban J connectivity index is -0.0000000909. The summed E-state index contributed by atoms with van der Waals surface area (Å²) >= 11 is 0. The summed E-state index contributed by atoms with van der Waals surface area (Å²) in [6, 6.07) is 0. The first-order valence-corrected chi connectivity index (χ1v) is 8.15. The van der Waals surface area contributed by atoms with Crippen molar-refractivity contribution >= 4 is 7.81 Å². The molecule has 1 radical (unpaired) electrons. The molecule has 0 saturated carbocycles. The third kappa shape index (κ3) is 21.0. The Morgan fingerprint density at radius 1 is 0.462 bits per heavy atom. The van der Waals surface area contributed by atoms with Gasteiger partial charge in [-0.2, -0.15) is 0 Å². The fourth-order valence-corrected chi connectivity index (χ4v) is 1.69. The molecule has 0 aliphatic heterocycles. The third-order valence-corrected chi connectivity index (χ3v) is 3.38. The average Bonchev–Trinajstić information content (AvgIpc) is 2.52. The Bertz CT molecular complexity index is 504. The summed E-state index contributed by atoms with van der Waals surface area (Å²) in [5.74, 6) is 0. The zero-order valence-electron chi connectivity index (χ0n) is 14.8. The van der Waals surface area contributed by atoms with Crippen molar-refractivity contribution in [3.63, 3.8) is 0 Å². The maximum absolute atomic E-state index is 10.7. The molecule has 3 nitrogen and oxygen atoms in total. The third-order valence-electron chi connectivity index (χ3n) is 3.38. The second-order valence-corrected chi connectivity index (χ2v) is 6.62. The van der Waals surface area contributed by atoms with Crippen LogP contribution < -0.4 is 0 Å². The minimum atomic E-state index is -10.7. The molecule has 0 aliphatic carbocycles. The summed E-state index contributed by atoms with van der Waals surface area (Å²) in [7, 11) is -10.7. The Hall–Kier alpha value is -1.03. The molecule has 0 bridgehead atoms. The minimum Gasteiger partial charge on any atom is 0 e. The smallest absolute Gasteiger partial charge is 0 e. The van der Waals surface area contributed by atoms with Crippen molar-refractivity contribution in [2.24, 2.45) is 0 Å². The number of rotatable bonds is 0. The second-order valence-electron chi connectivity index (χ2n) is 4.71. The van der Waals surface area contributed by atoms with Crippen LogP contribution in [0.4, 0.5) is 25.2 Å². The van der Waals surface area contributed by atoms with Crippen molar-refractivity contribution in [2.75, 3.05) is 0 Å². The van der Waals surface area contributed by atoms with E-state index in [2.05, 4.69) is 61.5 Å². The summed E-state index contributed by atoms with van der Waals surface area (Å²) in [5.41, 5.74) is 8.73. The molecule has 11 heteroatoms. The molecule has 0 N–H and O–H groups in total. The first-order valence-electron chi connectivity index (χ1n) is 6.13. The molecule has 0 atom stereocenters. The van der Waals surface area contributed by atoms with Crippen LogP contribution in [0.1, 0.15) is 33.4 Å². The van der Waals surface area contributed by atoms with Crippen molar-refractivity contribution in [1.29, 1.82) is 0 Å². The number of hydrogen-bond acceptors (Lipinski definition) is 0. The molecule has 0 aliphatic rings. The van der Waals surface area contributed by atoms with Gasteiger partial charge in [0.1, 0.15) is 0 Å². The van der Waals surface area contributed by atoms with E-state index in [9.17, 15) is 25.2 Å². The van der Waals surface area contributed by atoms with Crippen molar-refractivity contribution in [2.45, 2.75) is 41.5 Å². The molecule has 0 unspecified atom stereocenters. The fraction of sp³-hybridized carbons (Fsp3) is 0.400. The van der Waals surface area contributed by atoms with Gasteiger partial charge in [-0.25, -0.2) is 0 Å². The van der Waals surface area contributed by atoms with Crippen LogP contribution in [0.3, 0.4) is 0 Å². The maximum Gasteiger partial charge on any atom is 0 e. The van der Waals surface area contributed by atoms with Gasteiger partial charge in [-0.3, -0.25) is 0 Å². The van der Waals surface area contributed by atoms with E-state index in [1.54, 1.807) is 0 Å². The van der Waals surface area contributed by atoms with Gasteiger partial charge in [0.15, 0.2) is 0 Å². The zero-order valence-corrected chi connectivity index (χ0v) is 16.9. The Labute approximate surface area is 159 Å². The predicted molar refractivity (Wildman–Crippen MR) is 80.2 cm³/mol. The molecule has 0 amide bonds. The maximum atomic E-state index is 9.87. The normalized spacial score (nSPS) is 11.3. The molecule has 0 spiro atoms. The quantitative estimate of drug-likeness (QED) is 0.138. The predicted octanol–water partition coefficient (Wildman–Crippen LogP) is 6.80. The van der Waals surface area contributed by atoms with Crippen molar-refractivity contribution in [3.05, 3.63) is 53.3 Å². The monoisotopic (exact) mass is 446 g/mol. The minimum absolute atomic E-state index is 0. The van der Waals surface area contributed by atoms with E-state index in [0.717, 1.165) is 0 Å². The fourth-order valence-electron chi connectivity index (χ4n) is 1.69. The molecule has 151 valence electrons. The van der Waals surface area contributed by atoms with Gasteiger partial charge < -0.3 is 0 Å². The second kappa shape index (κ2) is 12.4. The van der Waals surface area contributed by atoms with Gasteiger partial charge in [0.25, 0.3) is 0 Å². The molecule has 0 fully saturated rings. The number of hydrogen-bond donors (Lipinski definition) is 0. The van der Waals surface area contributed by atoms with E-state index >= 15 is 0 Å². The SMILES string of the molecule is Cc1c(C)c(C)c(C)c(C)c1C.F[P-](F)(F)(F)(F)F.[C-]#[O+].[C-]#[O+].[C-]#[O+].[Mn]. The van der Waals surface area contributed by atoms with E-state index in [4.69, 9.17) is 14.0 Å². The molecule has 1 aromatic rings. The van der Waals surface area contributed by atoms with Crippen LogP contribution in [0, 0.1) is 61.5 Å². The van der Waals surface area contributed by atoms with Gasteiger partial charge in [-0.15, -0.1) is 0 Å². The average molecular weight is 446 g/mol. The van der Waals surface area contributed by atoms with E-state index in [-0.39, 0.29) is 17.1 Å². The van der Waals surface area contributed by atoms with Crippen LogP contribution in [-0.2, 0) is 31.0 Å². The van der Waals surface area contributed by atoms with E-state index in [0.29, 0.717) is 0 Å². The summed E-state index contributed by atoms with van der Waals surface area (Å²) in [6.07, 6.45) is 0. The topological polar surface area (TPSA) is 59.7 Å². The van der Waals surface area contributed by atoms with Gasteiger partial charge in [0.05, 0.1) is 0 Å². The standard InChI is InChI=1S/C12H18.3CO.F6P.Mn/c1-7-8(2)10(4)12(6)11(5)9(7)3;3*1-2;1-7(2,3,4,5)6;/h1-6H3;;;;;/q;;;;-1;.